The zero-order valence-electron chi connectivity index (χ0n) is 19.2. The largest absolute Gasteiger partial charge is 0.394 e. The van der Waals surface area contributed by atoms with Gasteiger partial charge in [0.1, 0.15) is 6.04 Å². The van der Waals surface area contributed by atoms with Gasteiger partial charge in [0.2, 0.25) is 17.7 Å². The fourth-order valence-electron chi connectivity index (χ4n) is 4.95. The summed E-state index contributed by atoms with van der Waals surface area (Å²) in [6, 6.07) is 8.77. The standard InChI is InChI=1S/C25H37N3O4/c1-16(2)11-22-25(32)27-20(15-29)13-21-19(14-26-24(21)31)10-6-9-18(23(30)28-22)12-17-7-4-3-5-8-17/h3-5,7-8,16,18-22,29H,6,9-15H2,1-2H3,(H,26,31)(H,27,32)(H,28,30)/t18-,19+,20-,21+,22-/m0/s1. The van der Waals surface area contributed by atoms with Gasteiger partial charge in [-0.1, -0.05) is 50.6 Å². The molecule has 0 bridgehead atoms. The molecule has 0 spiro atoms. The molecule has 1 aromatic carbocycles. The average Bonchev–Trinajstić information content (AvgIpc) is 3.11. The molecule has 0 unspecified atom stereocenters. The van der Waals surface area contributed by atoms with E-state index in [0.717, 1.165) is 18.4 Å². The van der Waals surface area contributed by atoms with Crippen molar-refractivity contribution in [2.45, 2.75) is 64.5 Å². The van der Waals surface area contributed by atoms with Crippen LogP contribution in [0.5, 0.6) is 0 Å². The number of carbonyl (C=O) groups is 3. The van der Waals surface area contributed by atoms with E-state index in [9.17, 15) is 19.5 Å². The second-order valence-corrected chi connectivity index (χ2v) is 9.74. The number of hydrogen-bond donors (Lipinski definition) is 4. The first kappa shape index (κ1) is 24.2. The van der Waals surface area contributed by atoms with Gasteiger partial charge in [-0.25, -0.2) is 0 Å². The summed E-state index contributed by atoms with van der Waals surface area (Å²) in [4.78, 5) is 38.8. The molecule has 7 nitrogen and oxygen atoms in total. The molecule has 32 heavy (non-hydrogen) atoms. The molecule has 0 aliphatic carbocycles. The van der Waals surface area contributed by atoms with Crippen LogP contribution in [0, 0.1) is 23.7 Å². The van der Waals surface area contributed by atoms with Gasteiger partial charge in [0.15, 0.2) is 0 Å². The molecule has 2 saturated heterocycles. The van der Waals surface area contributed by atoms with Crippen LogP contribution in [0.25, 0.3) is 0 Å². The monoisotopic (exact) mass is 443 g/mol. The number of carbonyl (C=O) groups excluding carboxylic acids is 3. The Hall–Kier alpha value is -2.41. The van der Waals surface area contributed by atoms with Gasteiger partial charge < -0.3 is 21.1 Å². The highest BCUT2D eigenvalue weighted by molar-refractivity contribution is 5.89. The van der Waals surface area contributed by atoms with E-state index >= 15 is 0 Å². The van der Waals surface area contributed by atoms with E-state index < -0.39 is 12.1 Å². The first-order chi connectivity index (χ1) is 15.4. The van der Waals surface area contributed by atoms with E-state index in [1.54, 1.807) is 0 Å². The molecule has 176 valence electrons. The van der Waals surface area contributed by atoms with Gasteiger partial charge in [0.05, 0.1) is 12.6 Å². The van der Waals surface area contributed by atoms with E-state index in [-0.39, 0.29) is 48.0 Å². The molecule has 2 fully saturated rings. The number of nitrogens with one attached hydrogen (secondary N) is 3. The van der Waals surface area contributed by atoms with Crippen LogP contribution in [-0.4, -0.2) is 48.1 Å². The summed E-state index contributed by atoms with van der Waals surface area (Å²) in [6.45, 7) is 4.40. The first-order valence-electron chi connectivity index (χ1n) is 11.9. The average molecular weight is 444 g/mol. The molecule has 7 heteroatoms. The maximum atomic E-state index is 13.3. The van der Waals surface area contributed by atoms with Crippen molar-refractivity contribution < 1.29 is 19.5 Å². The Bertz CT molecular complexity index is 783. The molecular formula is C25H37N3O4. The summed E-state index contributed by atoms with van der Waals surface area (Å²) >= 11 is 0. The summed E-state index contributed by atoms with van der Waals surface area (Å²) in [5.41, 5.74) is 1.10. The molecular weight excluding hydrogens is 406 g/mol. The second-order valence-electron chi connectivity index (χ2n) is 9.74. The second kappa shape index (κ2) is 11.5. The highest BCUT2D eigenvalue weighted by Crippen LogP contribution is 2.29. The van der Waals surface area contributed by atoms with Crippen LogP contribution in [0.4, 0.5) is 0 Å². The van der Waals surface area contributed by atoms with E-state index in [2.05, 4.69) is 16.0 Å². The SMILES string of the molecule is CC(C)C[C@@H]1NC(=O)[C@H](Cc2ccccc2)CCC[C@@H]2CNC(=O)[C@@H]2C[C@@H](CO)NC1=O. The predicted octanol–water partition coefficient (Wildman–Crippen LogP) is 1.79. The number of amides is 3. The van der Waals surface area contributed by atoms with Crippen LogP contribution >= 0.6 is 0 Å². The lowest BCUT2D eigenvalue weighted by molar-refractivity contribution is -0.132. The van der Waals surface area contributed by atoms with Crippen molar-refractivity contribution in [3.05, 3.63) is 35.9 Å². The molecule has 0 radical (unpaired) electrons. The minimum Gasteiger partial charge on any atom is -0.394 e. The number of aliphatic hydroxyl groups excluding tert-OH is 1. The Labute approximate surface area is 190 Å². The van der Waals surface area contributed by atoms with Crippen molar-refractivity contribution in [2.24, 2.45) is 23.7 Å². The normalized spacial score (nSPS) is 29.8. The molecule has 2 heterocycles. The quantitative estimate of drug-likeness (QED) is 0.556. The van der Waals surface area contributed by atoms with E-state index in [1.165, 1.54) is 0 Å². The van der Waals surface area contributed by atoms with Gasteiger partial charge in [-0.2, -0.15) is 0 Å². The van der Waals surface area contributed by atoms with Gasteiger partial charge in [-0.15, -0.1) is 0 Å². The van der Waals surface area contributed by atoms with Crippen molar-refractivity contribution in [1.29, 1.82) is 0 Å². The third-order valence-corrected chi connectivity index (χ3v) is 6.71. The zero-order chi connectivity index (χ0) is 23.1. The van der Waals surface area contributed by atoms with Gasteiger partial charge in [-0.3, -0.25) is 14.4 Å². The smallest absolute Gasteiger partial charge is 0.242 e. The molecule has 2 aliphatic rings. The van der Waals surface area contributed by atoms with Crippen molar-refractivity contribution in [1.82, 2.24) is 16.0 Å². The third kappa shape index (κ3) is 6.55. The number of benzene rings is 1. The van der Waals surface area contributed by atoms with Crippen LogP contribution < -0.4 is 16.0 Å². The molecule has 3 amide bonds. The van der Waals surface area contributed by atoms with Crippen LogP contribution in [0.15, 0.2) is 30.3 Å². The van der Waals surface area contributed by atoms with Crippen LogP contribution in [0.1, 0.15) is 51.5 Å². The van der Waals surface area contributed by atoms with Gasteiger partial charge in [0, 0.05) is 18.4 Å². The Morgan fingerprint density at radius 3 is 2.44 bits per heavy atom. The maximum Gasteiger partial charge on any atom is 0.242 e. The number of hydrogen-bond acceptors (Lipinski definition) is 4. The molecule has 3 rings (SSSR count). The predicted molar refractivity (Wildman–Crippen MR) is 122 cm³/mol. The fourth-order valence-corrected chi connectivity index (χ4v) is 4.95. The van der Waals surface area contributed by atoms with Crippen molar-refractivity contribution >= 4 is 17.7 Å². The summed E-state index contributed by atoms with van der Waals surface area (Å²) in [5, 5.41) is 18.7. The lowest BCUT2D eigenvalue weighted by Crippen LogP contribution is -2.52. The van der Waals surface area contributed by atoms with E-state index in [4.69, 9.17) is 0 Å². The Balaban J connectivity index is 1.84. The molecule has 2 aliphatic heterocycles. The van der Waals surface area contributed by atoms with Gasteiger partial charge in [0.25, 0.3) is 0 Å². The molecule has 4 N–H and O–H groups in total. The zero-order valence-corrected chi connectivity index (χ0v) is 19.2. The first-order valence-corrected chi connectivity index (χ1v) is 11.9. The topological polar surface area (TPSA) is 108 Å². The molecule has 5 atom stereocenters. The van der Waals surface area contributed by atoms with Crippen LogP contribution in [0.2, 0.25) is 0 Å². The summed E-state index contributed by atoms with van der Waals surface area (Å²) in [5.74, 6) is -0.504. The summed E-state index contributed by atoms with van der Waals surface area (Å²) < 4.78 is 0. The maximum absolute atomic E-state index is 13.3. The lowest BCUT2D eigenvalue weighted by Gasteiger charge is -2.26. The van der Waals surface area contributed by atoms with Crippen molar-refractivity contribution in [2.75, 3.05) is 13.2 Å². The van der Waals surface area contributed by atoms with E-state index in [0.29, 0.717) is 32.2 Å². The Kier molecular flexibility index (Phi) is 8.67. The minimum atomic E-state index is -0.663. The van der Waals surface area contributed by atoms with Crippen molar-refractivity contribution in [3.8, 4) is 0 Å². The highest BCUT2D eigenvalue weighted by atomic mass is 16.3. The number of rotatable bonds is 5. The highest BCUT2D eigenvalue weighted by Gasteiger charge is 2.37. The van der Waals surface area contributed by atoms with Gasteiger partial charge >= 0.3 is 0 Å². The Morgan fingerprint density at radius 1 is 1.00 bits per heavy atom. The third-order valence-electron chi connectivity index (χ3n) is 6.71. The molecule has 0 saturated carbocycles. The molecule has 1 aromatic rings. The lowest BCUT2D eigenvalue weighted by atomic mass is 9.84. The van der Waals surface area contributed by atoms with E-state index in [1.807, 2.05) is 44.2 Å². The molecule has 0 aromatic heterocycles. The van der Waals surface area contributed by atoms with Crippen LogP contribution in [0.3, 0.4) is 0 Å². The number of aliphatic hydroxyl groups is 1. The summed E-state index contributed by atoms with van der Waals surface area (Å²) in [7, 11) is 0. The summed E-state index contributed by atoms with van der Waals surface area (Å²) in [6.07, 6.45) is 3.92. The minimum absolute atomic E-state index is 0.00802. The fraction of sp³-hybridized carbons (Fsp3) is 0.640. The van der Waals surface area contributed by atoms with Gasteiger partial charge in [-0.05, 0) is 49.5 Å². The van der Waals surface area contributed by atoms with Crippen LogP contribution in [-0.2, 0) is 20.8 Å². The van der Waals surface area contributed by atoms with Crippen molar-refractivity contribution in [3.63, 3.8) is 0 Å². The Morgan fingerprint density at radius 2 is 1.75 bits per heavy atom. The number of fused-ring (bicyclic) bond motifs is 1.